The topological polar surface area (TPSA) is 88.8 Å². The average Bonchev–Trinajstić information content (AvgIpc) is 3.31. The summed E-state index contributed by atoms with van der Waals surface area (Å²) in [5.41, 5.74) is 0.0694. The van der Waals surface area contributed by atoms with Crippen molar-refractivity contribution in [2.45, 2.75) is 6.54 Å². The second kappa shape index (κ2) is 10.1. The van der Waals surface area contributed by atoms with E-state index in [-0.39, 0.29) is 22.8 Å². The molecule has 0 aliphatic carbocycles. The molecule has 7 nitrogen and oxygen atoms in total. The Hall–Kier alpha value is -3.72. The van der Waals surface area contributed by atoms with Crippen LogP contribution in [-0.4, -0.2) is 31.4 Å². The summed E-state index contributed by atoms with van der Waals surface area (Å²) in [6.45, 7) is -0.558. The molecular weight excluding hydrogens is 446 g/mol. The van der Waals surface area contributed by atoms with Gasteiger partial charge in [-0.05, 0) is 36.4 Å². The van der Waals surface area contributed by atoms with Crippen molar-refractivity contribution in [3.8, 4) is 0 Å². The smallest absolute Gasteiger partial charge is 0.340 e. The molecule has 0 aliphatic rings. The van der Waals surface area contributed by atoms with E-state index in [9.17, 15) is 23.2 Å². The second-order valence-electron chi connectivity index (χ2n) is 6.55. The van der Waals surface area contributed by atoms with E-state index in [0.717, 1.165) is 4.90 Å². The zero-order valence-electron chi connectivity index (χ0n) is 16.7. The first-order valence-corrected chi connectivity index (χ1v) is 9.63. The second-order valence-corrected chi connectivity index (χ2v) is 6.96. The van der Waals surface area contributed by atoms with E-state index in [0.29, 0.717) is 17.9 Å². The summed E-state index contributed by atoms with van der Waals surface area (Å²) in [4.78, 5) is 38.4. The average molecular weight is 463 g/mol. The fourth-order valence-electron chi connectivity index (χ4n) is 2.75. The lowest BCUT2D eigenvalue weighted by atomic mass is 10.1. The largest absolute Gasteiger partial charge is 0.467 e. The first-order chi connectivity index (χ1) is 15.3. The zero-order chi connectivity index (χ0) is 23.3. The third kappa shape index (κ3) is 5.30. The normalized spacial score (nSPS) is 10.5. The fourth-order valence-corrected chi connectivity index (χ4v) is 2.98. The number of para-hydroxylation sites is 1. The molecule has 0 aliphatic heterocycles. The molecule has 1 N–H and O–H groups in total. The van der Waals surface area contributed by atoms with E-state index in [1.807, 2.05) is 0 Å². The monoisotopic (exact) mass is 462 g/mol. The van der Waals surface area contributed by atoms with Gasteiger partial charge in [0.15, 0.2) is 18.2 Å². The van der Waals surface area contributed by atoms with Crippen LogP contribution in [0, 0.1) is 11.6 Å². The Morgan fingerprint density at radius 3 is 2.50 bits per heavy atom. The molecule has 0 atom stereocenters. The third-order valence-corrected chi connectivity index (χ3v) is 4.76. The first kappa shape index (κ1) is 23.0. The molecule has 2 aromatic carbocycles. The number of amides is 2. The van der Waals surface area contributed by atoms with E-state index in [1.165, 1.54) is 19.4 Å². The van der Waals surface area contributed by atoms with Crippen LogP contribution in [0.25, 0.3) is 0 Å². The van der Waals surface area contributed by atoms with Crippen LogP contribution in [0.3, 0.4) is 0 Å². The zero-order valence-corrected chi connectivity index (χ0v) is 17.5. The Morgan fingerprint density at radius 1 is 1.06 bits per heavy atom. The van der Waals surface area contributed by atoms with Crippen LogP contribution in [0.2, 0.25) is 5.02 Å². The van der Waals surface area contributed by atoms with Crippen LogP contribution in [0.5, 0.6) is 0 Å². The number of anilines is 1. The molecule has 2 amide bonds. The van der Waals surface area contributed by atoms with Crippen molar-refractivity contribution in [3.05, 3.63) is 88.3 Å². The third-order valence-electron chi connectivity index (χ3n) is 4.44. The molecule has 0 spiro atoms. The maximum absolute atomic E-state index is 13.4. The number of esters is 1. The highest BCUT2D eigenvalue weighted by Gasteiger charge is 2.21. The molecule has 0 saturated heterocycles. The molecule has 10 heteroatoms. The van der Waals surface area contributed by atoms with Gasteiger partial charge in [0.2, 0.25) is 0 Å². The number of nitrogens with one attached hydrogen (secondary N) is 1. The molecule has 32 heavy (non-hydrogen) atoms. The van der Waals surface area contributed by atoms with E-state index >= 15 is 0 Å². The van der Waals surface area contributed by atoms with Crippen LogP contribution in [-0.2, 0) is 16.1 Å². The van der Waals surface area contributed by atoms with E-state index in [4.69, 9.17) is 20.8 Å². The molecule has 1 heterocycles. The number of benzene rings is 2. The minimum atomic E-state index is -1.28. The van der Waals surface area contributed by atoms with Crippen LogP contribution in [0.1, 0.15) is 26.5 Å². The number of carbonyl (C=O) groups is 3. The van der Waals surface area contributed by atoms with E-state index in [1.54, 1.807) is 30.3 Å². The minimum Gasteiger partial charge on any atom is -0.467 e. The van der Waals surface area contributed by atoms with Gasteiger partial charge in [0.25, 0.3) is 11.8 Å². The van der Waals surface area contributed by atoms with Crippen molar-refractivity contribution in [1.29, 1.82) is 0 Å². The summed E-state index contributed by atoms with van der Waals surface area (Å²) in [6, 6.07) is 11.0. The highest BCUT2D eigenvalue weighted by molar-refractivity contribution is 6.33. The quantitative estimate of drug-likeness (QED) is 0.424. The number of carbonyl (C=O) groups excluding carboxylic acids is 3. The molecule has 3 aromatic rings. The summed E-state index contributed by atoms with van der Waals surface area (Å²) in [5.74, 6) is -4.14. The Kier molecular flexibility index (Phi) is 7.21. The van der Waals surface area contributed by atoms with Gasteiger partial charge in [-0.2, -0.15) is 0 Å². The van der Waals surface area contributed by atoms with Crippen molar-refractivity contribution in [3.63, 3.8) is 0 Å². The minimum absolute atomic E-state index is 0.157. The van der Waals surface area contributed by atoms with Gasteiger partial charge in [0.1, 0.15) is 5.76 Å². The molecule has 0 fully saturated rings. The molecule has 0 bridgehead atoms. The van der Waals surface area contributed by atoms with Gasteiger partial charge in [-0.15, -0.1) is 0 Å². The number of ether oxygens (including phenoxy) is 1. The maximum Gasteiger partial charge on any atom is 0.340 e. The molecule has 0 radical (unpaired) electrons. The molecule has 3 rings (SSSR count). The van der Waals surface area contributed by atoms with Crippen molar-refractivity contribution in [1.82, 2.24) is 5.32 Å². The molecule has 166 valence electrons. The number of hydrogen-bond donors (Lipinski definition) is 1. The van der Waals surface area contributed by atoms with Crippen molar-refractivity contribution >= 4 is 35.1 Å². The molecule has 1 aromatic heterocycles. The van der Waals surface area contributed by atoms with Gasteiger partial charge < -0.3 is 19.4 Å². The van der Waals surface area contributed by atoms with Crippen molar-refractivity contribution in [2.75, 3.05) is 18.6 Å². The van der Waals surface area contributed by atoms with Gasteiger partial charge in [0, 0.05) is 7.05 Å². The van der Waals surface area contributed by atoms with Crippen LogP contribution >= 0.6 is 11.6 Å². The summed E-state index contributed by atoms with van der Waals surface area (Å²) < 4.78 is 36.6. The lowest BCUT2D eigenvalue weighted by Gasteiger charge is -2.20. The van der Waals surface area contributed by atoms with Gasteiger partial charge in [-0.3, -0.25) is 9.59 Å². The Bertz CT molecular complexity index is 1150. The van der Waals surface area contributed by atoms with Gasteiger partial charge >= 0.3 is 5.97 Å². The number of hydrogen-bond acceptors (Lipinski definition) is 5. The maximum atomic E-state index is 13.4. The van der Waals surface area contributed by atoms with Gasteiger partial charge in [-0.1, -0.05) is 23.7 Å². The number of nitrogens with zero attached hydrogens (tertiary/aromatic N) is 1. The predicted molar refractivity (Wildman–Crippen MR) is 111 cm³/mol. The van der Waals surface area contributed by atoms with Crippen molar-refractivity contribution < 1.29 is 32.3 Å². The van der Waals surface area contributed by atoms with Gasteiger partial charge in [0.05, 0.1) is 34.6 Å². The number of halogens is 3. The lowest BCUT2D eigenvalue weighted by molar-refractivity contribution is -0.121. The molecular formula is C22H17ClF2N2O5. The summed E-state index contributed by atoms with van der Waals surface area (Å²) in [6.07, 6.45) is 1.48. The van der Waals surface area contributed by atoms with Crippen molar-refractivity contribution in [2.24, 2.45) is 0 Å². The molecule has 0 unspecified atom stereocenters. The number of rotatable bonds is 7. The Morgan fingerprint density at radius 2 is 1.78 bits per heavy atom. The number of furan rings is 1. The first-order valence-electron chi connectivity index (χ1n) is 9.25. The summed E-state index contributed by atoms with van der Waals surface area (Å²) in [7, 11) is 1.40. The highest BCUT2D eigenvalue weighted by Crippen LogP contribution is 2.22. The SMILES string of the molecule is CN(C(=O)COC(=O)c1cc(F)c(F)cc1Cl)c1ccccc1C(=O)NCc1ccco1. The standard InChI is InChI=1S/C22H17ClF2N2O5/c1-27(20(28)12-32-22(30)15-9-17(24)18(25)10-16(15)23)19-7-3-2-6-14(19)21(29)26-11-13-5-4-8-31-13/h2-10H,11-12H2,1H3,(H,26,29). The Labute approximate surface area is 186 Å². The van der Waals surface area contributed by atoms with E-state index < -0.39 is 41.6 Å². The lowest BCUT2D eigenvalue weighted by Crippen LogP contribution is -2.33. The van der Waals surface area contributed by atoms with Gasteiger partial charge in [-0.25, -0.2) is 13.6 Å². The highest BCUT2D eigenvalue weighted by atomic mass is 35.5. The van der Waals surface area contributed by atoms with Crippen LogP contribution < -0.4 is 10.2 Å². The predicted octanol–water partition coefficient (Wildman–Crippen LogP) is 3.96. The number of likely N-dealkylation sites (N-methyl/N-ethyl adjacent to an activating group) is 1. The fraction of sp³-hybridized carbons (Fsp3) is 0.136. The summed E-state index contributed by atoms with van der Waals surface area (Å²) in [5, 5.41) is 2.33. The van der Waals surface area contributed by atoms with Crippen LogP contribution in [0.4, 0.5) is 14.5 Å². The Balaban J connectivity index is 1.66. The molecule has 0 saturated carbocycles. The van der Waals surface area contributed by atoms with E-state index in [2.05, 4.69) is 5.32 Å². The summed E-state index contributed by atoms with van der Waals surface area (Å²) >= 11 is 5.74. The van der Waals surface area contributed by atoms with Crippen LogP contribution in [0.15, 0.2) is 59.2 Å².